The molecule has 1 aromatic rings. The van der Waals surface area contributed by atoms with Gasteiger partial charge in [0.05, 0.1) is 23.0 Å². The van der Waals surface area contributed by atoms with Crippen molar-refractivity contribution in [2.45, 2.75) is 6.42 Å². The van der Waals surface area contributed by atoms with Gasteiger partial charge in [0.2, 0.25) is 0 Å². The van der Waals surface area contributed by atoms with E-state index in [2.05, 4.69) is 20.7 Å². The number of methoxy groups -OCH3 is 1. The van der Waals surface area contributed by atoms with Gasteiger partial charge < -0.3 is 4.74 Å². The molecule has 0 aliphatic heterocycles. The van der Waals surface area contributed by atoms with Crippen molar-refractivity contribution in [3.63, 3.8) is 0 Å². The monoisotopic (exact) mass is 304 g/mol. The van der Waals surface area contributed by atoms with Crippen LogP contribution in [0.1, 0.15) is 15.9 Å². The summed E-state index contributed by atoms with van der Waals surface area (Å²) in [6.45, 7) is 0. The Hall–Kier alpha value is -0.870. The van der Waals surface area contributed by atoms with Gasteiger partial charge in [-0.25, -0.2) is 4.79 Å². The number of esters is 1. The van der Waals surface area contributed by atoms with Gasteiger partial charge in [-0.1, -0.05) is 39.7 Å². The molecule has 0 unspecified atom stereocenters. The number of halogens is 2. The maximum atomic E-state index is 11.5. The van der Waals surface area contributed by atoms with E-state index in [1.54, 1.807) is 18.2 Å². The van der Waals surface area contributed by atoms with Crippen LogP contribution in [0.25, 0.3) is 0 Å². The van der Waals surface area contributed by atoms with Crippen molar-refractivity contribution in [2.24, 2.45) is 0 Å². The van der Waals surface area contributed by atoms with Crippen LogP contribution in [-0.2, 0) is 16.0 Å². The van der Waals surface area contributed by atoms with Crippen LogP contribution in [0.5, 0.6) is 0 Å². The zero-order valence-electron chi connectivity index (χ0n) is 8.63. The predicted molar refractivity (Wildman–Crippen MR) is 65.3 cm³/mol. The Labute approximate surface area is 107 Å². The zero-order chi connectivity index (χ0) is 12.1. The highest BCUT2D eigenvalue weighted by Gasteiger charge is 2.17. The average Bonchev–Trinajstić information content (AvgIpc) is 2.28. The summed E-state index contributed by atoms with van der Waals surface area (Å²) in [5, 5.41) is 0.548. The van der Waals surface area contributed by atoms with E-state index in [9.17, 15) is 9.59 Å². The molecule has 0 aliphatic carbocycles. The summed E-state index contributed by atoms with van der Waals surface area (Å²) in [5.41, 5.74) is 0.852. The lowest BCUT2D eigenvalue weighted by Crippen LogP contribution is -2.11. The van der Waals surface area contributed by atoms with Gasteiger partial charge in [-0.05, 0) is 11.6 Å². The van der Waals surface area contributed by atoms with E-state index >= 15 is 0 Å². The van der Waals surface area contributed by atoms with Crippen molar-refractivity contribution in [1.29, 1.82) is 0 Å². The van der Waals surface area contributed by atoms with Crippen LogP contribution in [-0.4, -0.2) is 24.2 Å². The smallest absolute Gasteiger partial charge is 0.339 e. The maximum Gasteiger partial charge on any atom is 0.339 e. The molecule has 0 fully saturated rings. The zero-order valence-corrected chi connectivity index (χ0v) is 11.0. The Morgan fingerprint density at radius 1 is 1.44 bits per heavy atom. The van der Waals surface area contributed by atoms with Crippen molar-refractivity contribution >= 4 is 39.3 Å². The predicted octanol–water partition coefficient (Wildman–Crippen LogP) is 2.63. The van der Waals surface area contributed by atoms with Gasteiger partial charge in [0, 0.05) is 6.42 Å². The van der Waals surface area contributed by atoms with Gasteiger partial charge in [-0.2, -0.15) is 0 Å². The number of rotatable bonds is 4. The van der Waals surface area contributed by atoms with E-state index in [1.165, 1.54) is 7.11 Å². The van der Waals surface area contributed by atoms with Crippen LogP contribution >= 0.6 is 27.5 Å². The normalized spacial score (nSPS) is 9.94. The molecule has 0 amide bonds. The quantitative estimate of drug-likeness (QED) is 0.634. The minimum absolute atomic E-state index is 0.0209. The van der Waals surface area contributed by atoms with Crippen LogP contribution in [0.4, 0.5) is 0 Å². The first-order valence-corrected chi connectivity index (χ1v) is 6.03. The van der Waals surface area contributed by atoms with Gasteiger partial charge >= 0.3 is 5.97 Å². The lowest BCUT2D eigenvalue weighted by Gasteiger charge is -2.08. The van der Waals surface area contributed by atoms with Gasteiger partial charge in [-0.15, -0.1) is 0 Å². The lowest BCUT2D eigenvalue weighted by molar-refractivity contribution is -0.115. The molecule has 1 rings (SSSR count). The third-order valence-corrected chi connectivity index (χ3v) is 2.97. The number of hydrogen-bond acceptors (Lipinski definition) is 3. The molecular weight excluding hydrogens is 295 g/mol. The van der Waals surface area contributed by atoms with Gasteiger partial charge in [-0.3, -0.25) is 4.79 Å². The third-order valence-electron chi connectivity index (χ3n) is 2.03. The highest BCUT2D eigenvalue weighted by Crippen LogP contribution is 2.21. The SMILES string of the molecule is COC(=O)c1c(Cl)cccc1CC(=O)CBr. The van der Waals surface area contributed by atoms with Crippen molar-refractivity contribution in [3.8, 4) is 0 Å². The van der Waals surface area contributed by atoms with E-state index < -0.39 is 5.97 Å². The van der Waals surface area contributed by atoms with Crippen molar-refractivity contribution < 1.29 is 14.3 Å². The highest BCUT2D eigenvalue weighted by atomic mass is 79.9. The van der Waals surface area contributed by atoms with Crippen LogP contribution in [0.2, 0.25) is 5.02 Å². The molecular formula is C11H10BrClO3. The van der Waals surface area contributed by atoms with Crippen LogP contribution in [0.3, 0.4) is 0 Å². The maximum absolute atomic E-state index is 11.5. The van der Waals surface area contributed by atoms with E-state index in [1.807, 2.05) is 0 Å². The fraction of sp³-hybridized carbons (Fsp3) is 0.273. The van der Waals surface area contributed by atoms with E-state index in [4.69, 9.17) is 11.6 Å². The Morgan fingerprint density at radius 2 is 2.12 bits per heavy atom. The Balaban J connectivity index is 3.12. The number of ketones is 1. The molecule has 0 saturated carbocycles. The molecule has 0 spiro atoms. The molecule has 0 atom stereocenters. The van der Waals surface area contributed by atoms with Gasteiger partial charge in [0.15, 0.2) is 0 Å². The van der Waals surface area contributed by atoms with E-state index in [-0.39, 0.29) is 23.1 Å². The number of Topliss-reactive ketones (excluding diaryl/α,β-unsaturated/α-hetero) is 1. The number of ether oxygens (including phenoxy) is 1. The van der Waals surface area contributed by atoms with Crippen molar-refractivity contribution in [3.05, 3.63) is 34.3 Å². The molecule has 0 heterocycles. The minimum atomic E-state index is -0.525. The Morgan fingerprint density at radius 3 is 2.69 bits per heavy atom. The first-order chi connectivity index (χ1) is 7.60. The molecule has 86 valence electrons. The number of benzene rings is 1. The van der Waals surface area contributed by atoms with E-state index in [0.717, 1.165) is 0 Å². The topological polar surface area (TPSA) is 43.4 Å². The second-order valence-electron chi connectivity index (χ2n) is 3.11. The summed E-state index contributed by atoms with van der Waals surface area (Å²) in [5.74, 6) is -0.546. The molecule has 0 radical (unpaired) electrons. The summed E-state index contributed by atoms with van der Waals surface area (Å²) in [6.07, 6.45) is 0.163. The fourth-order valence-corrected chi connectivity index (χ4v) is 1.78. The number of carbonyl (C=O) groups is 2. The minimum Gasteiger partial charge on any atom is -0.465 e. The number of carbonyl (C=O) groups excluding carboxylic acids is 2. The molecule has 0 saturated heterocycles. The van der Waals surface area contributed by atoms with Crippen molar-refractivity contribution in [2.75, 3.05) is 12.4 Å². The first-order valence-electron chi connectivity index (χ1n) is 4.53. The summed E-state index contributed by atoms with van der Waals surface area (Å²) in [7, 11) is 1.28. The highest BCUT2D eigenvalue weighted by molar-refractivity contribution is 9.09. The largest absolute Gasteiger partial charge is 0.465 e. The summed E-state index contributed by atoms with van der Waals surface area (Å²) in [4.78, 5) is 22.8. The average molecular weight is 306 g/mol. The molecule has 0 bridgehead atoms. The van der Waals surface area contributed by atoms with Crippen LogP contribution < -0.4 is 0 Å². The Kier molecular flexibility index (Phi) is 4.96. The summed E-state index contributed by atoms with van der Waals surface area (Å²) in [6, 6.07) is 4.99. The van der Waals surface area contributed by atoms with Gasteiger partial charge in [0.25, 0.3) is 0 Å². The molecule has 0 N–H and O–H groups in total. The molecule has 5 heteroatoms. The molecule has 0 aromatic heterocycles. The summed E-state index contributed by atoms with van der Waals surface area (Å²) >= 11 is 8.98. The van der Waals surface area contributed by atoms with Gasteiger partial charge in [0.1, 0.15) is 5.78 Å². The molecule has 16 heavy (non-hydrogen) atoms. The van der Waals surface area contributed by atoms with Crippen LogP contribution in [0.15, 0.2) is 18.2 Å². The Bertz CT molecular complexity index is 418. The summed E-state index contributed by atoms with van der Waals surface area (Å²) < 4.78 is 4.63. The number of alkyl halides is 1. The third kappa shape index (κ3) is 3.06. The lowest BCUT2D eigenvalue weighted by atomic mass is 10.0. The molecule has 1 aromatic carbocycles. The van der Waals surface area contributed by atoms with E-state index in [0.29, 0.717) is 10.6 Å². The molecule has 0 aliphatic rings. The molecule has 3 nitrogen and oxygen atoms in total. The van der Waals surface area contributed by atoms with Crippen molar-refractivity contribution in [1.82, 2.24) is 0 Å². The van der Waals surface area contributed by atoms with Crippen LogP contribution in [0, 0.1) is 0 Å². The number of hydrogen-bond donors (Lipinski definition) is 0. The first kappa shape index (κ1) is 13.2. The fourth-order valence-electron chi connectivity index (χ4n) is 1.31. The second-order valence-corrected chi connectivity index (χ2v) is 4.08. The second kappa shape index (κ2) is 6.01. The standard InChI is InChI=1S/C11H10BrClO3/c1-16-11(15)10-7(5-8(14)6-12)3-2-4-9(10)13/h2-4H,5-6H2,1H3.